The Hall–Kier alpha value is -0.330. The minimum absolute atomic E-state index is 0.182. The molecule has 3 aliphatic rings. The Morgan fingerprint density at radius 2 is 2.00 bits per heavy atom. The molecular formula is C12H18O. The maximum atomic E-state index is 10.9. The SMILES string of the molecule is CC1(C2CCC3(C=O)CC3C2)CC1. The van der Waals surface area contributed by atoms with Crippen molar-refractivity contribution in [3.63, 3.8) is 0 Å². The van der Waals surface area contributed by atoms with Gasteiger partial charge in [-0.25, -0.2) is 0 Å². The Labute approximate surface area is 79.9 Å². The van der Waals surface area contributed by atoms with Crippen LogP contribution in [0.1, 0.15) is 45.4 Å². The Kier molecular flexibility index (Phi) is 1.35. The average Bonchev–Trinajstić information content (AvgIpc) is 2.99. The van der Waals surface area contributed by atoms with Crippen LogP contribution in [0.25, 0.3) is 0 Å². The summed E-state index contributed by atoms with van der Waals surface area (Å²) in [6, 6.07) is 0. The minimum atomic E-state index is 0.182. The van der Waals surface area contributed by atoms with E-state index in [1.807, 2.05) is 0 Å². The topological polar surface area (TPSA) is 17.1 Å². The minimum Gasteiger partial charge on any atom is -0.303 e. The van der Waals surface area contributed by atoms with Crippen molar-refractivity contribution in [2.75, 3.05) is 0 Å². The smallest absolute Gasteiger partial charge is 0.126 e. The molecule has 3 fully saturated rings. The van der Waals surface area contributed by atoms with Gasteiger partial charge >= 0.3 is 0 Å². The van der Waals surface area contributed by atoms with E-state index < -0.39 is 0 Å². The molecule has 1 heteroatoms. The lowest BCUT2D eigenvalue weighted by molar-refractivity contribution is -0.113. The second-order valence-electron chi connectivity index (χ2n) is 5.88. The third kappa shape index (κ3) is 1.02. The van der Waals surface area contributed by atoms with Crippen LogP contribution in [0.4, 0.5) is 0 Å². The third-order valence-corrected chi connectivity index (χ3v) is 5.07. The van der Waals surface area contributed by atoms with Crippen LogP contribution in [0.5, 0.6) is 0 Å². The summed E-state index contributed by atoms with van der Waals surface area (Å²) < 4.78 is 0. The van der Waals surface area contributed by atoms with Crippen molar-refractivity contribution in [2.45, 2.75) is 45.4 Å². The quantitative estimate of drug-likeness (QED) is 0.594. The van der Waals surface area contributed by atoms with Crippen LogP contribution >= 0.6 is 0 Å². The normalized spacial score (nSPS) is 50.8. The van der Waals surface area contributed by atoms with Crippen LogP contribution in [0, 0.1) is 22.7 Å². The first-order valence-corrected chi connectivity index (χ1v) is 5.65. The van der Waals surface area contributed by atoms with Gasteiger partial charge in [0.1, 0.15) is 6.29 Å². The van der Waals surface area contributed by atoms with E-state index in [2.05, 4.69) is 6.92 Å². The van der Waals surface area contributed by atoms with E-state index in [4.69, 9.17) is 0 Å². The first kappa shape index (κ1) is 8.02. The zero-order valence-corrected chi connectivity index (χ0v) is 8.38. The average molecular weight is 178 g/mol. The number of fused-ring (bicyclic) bond motifs is 1. The van der Waals surface area contributed by atoms with Crippen LogP contribution in [0.2, 0.25) is 0 Å². The molecular weight excluding hydrogens is 160 g/mol. The molecule has 3 atom stereocenters. The molecule has 0 saturated heterocycles. The van der Waals surface area contributed by atoms with E-state index in [0.717, 1.165) is 11.8 Å². The lowest BCUT2D eigenvalue weighted by Gasteiger charge is -2.29. The van der Waals surface area contributed by atoms with E-state index in [1.54, 1.807) is 0 Å². The highest BCUT2D eigenvalue weighted by Crippen LogP contribution is 2.66. The highest BCUT2D eigenvalue weighted by atomic mass is 16.1. The van der Waals surface area contributed by atoms with Gasteiger partial charge in [0, 0.05) is 5.41 Å². The highest BCUT2D eigenvalue weighted by Gasteiger charge is 2.60. The van der Waals surface area contributed by atoms with Crippen LogP contribution in [0.3, 0.4) is 0 Å². The molecule has 72 valence electrons. The highest BCUT2D eigenvalue weighted by molar-refractivity contribution is 5.65. The van der Waals surface area contributed by atoms with Crippen LogP contribution in [-0.4, -0.2) is 6.29 Å². The summed E-state index contributed by atoms with van der Waals surface area (Å²) in [6.07, 6.45) is 9.23. The molecule has 3 rings (SSSR count). The fraction of sp³-hybridized carbons (Fsp3) is 0.917. The standard InChI is InChI=1S/C12H18O/c1-11(4-5-11)9-2-3-12(8-13)7-10(12)6-9/h8-10H,2-7H2,1H3. The molecule has 0 aromatic heterocycles. The number of carbonyl (C=O) groups excluding carboxylic acids is 1. The largest absolute Gasteiger partial charge is 0.303 e. The van der Waals surface area contributed by atoms with Crippen molar-refractivity contribution in [3.8, 4) is 0 Å². The van der Waals surface area contributed by atoms with Gasteiger partial charge in [0.15, 0.2) is 0 Å². The number of rotatable bonds is 2. The van der Waals surface area contributed by atoms with Gasteiger partial charge in [0.2, 0.25) is 0 Å². The van der Waals surface area contributed by atoms with Gasteiger partial charge in [-0.15, -0.1) is 0 Å². The van der Waals surface area contributed by atoms with E-state index in [1.165, 1.54) is 44.8 Å². The van der Waals surface area contributed by atoms with Crippen molar-refractivity contribution < 1.29 is 4.79 Å². The molecule has 3 saturated carbocycles. The maximum Gasteiger partial charge on any atom is 0.126 e. The van der Waals surface area contributed by atoms with Crippen LogP contribution < -0.4 is 0 Å². The Balaban J connectivity index is 1.70. The number of hydrogen-bond donors (Lipinski definition) is 0. The fourth-order valence-corrected chi connectivity index (χ4v) is 3.37. The molecule has 0 bridgehead atoms. The van der Waals surface area contributed by atoms with Gasteiger partial charge in [0.25, 0.3) is 0 Å². The van der Waals surface area contributed by atoms with Gasteiger partial charge < -0.3 is 4.79 Å². The maximum absolute atomic E-state index is 10.9. The van der Waals surface area contributed by atoms with Gasteiger partial charge in [-0.05, 0) is 55.8 Å². The number of aldehydes is 1. The number of carbonyl (C=O) groups is 1. The molecule has 3 aliphatic carbocycles. The molecule has 0 aromatic rings. The molecule has 3 unspecified atom stereocenters. The molecule has 0 aliphatic heterocycles. The second-order valence-corrected chi connectivity index (χ2v) is 5.88. The summed E-state index contributed by atoms with van der Waals surface area (Å²) in [6.45, 7) is 2.44. The summed E-state index contributed by atoms with van der Waals surface area (Å²) in [5.74, 6) is 1.73. The van der Waals surface area contributed by atoms with Gasteiger partial charge in [-0.1, -0.05) is 6.92 Å². The summed E-state index contributed by atoms with van der Waals surface area (Å²) in [5, 5.41) is 0. The summed E-state index contributed by atoms with van der Waals surface area (Å²) >= 11 is 0. The molecule has 1 nitrogen and oxygen atoms in total. The van der Waals surface area contributed by atoms with E-state index in [-0.39, 0.29) is 5.41 Å². The predicted octanol–water partition coefficient (Wildman–Crippen LogP) is 2.79. The van der Waals surface area contributed by atoms with Crippen LogP contribution in [0.15, 0.2) is 0 Å². The van der Waals surface area contributed by atoms with Gasteiger partial charge in [-0.2, -0.15) is 0 Å². The van der Waals surface area contributed by atoms with E-state index in [0.29, 0.717) is 5.41 Å². The molecule has 0 radical (unpaired) electrons. The van der Waals surface area contributed by atoms with E-state index in [9.17, 15) is 4.79 Å². The second kappa shape index (κ2) is 2.18. The van der Waals surface area contributed by atoms with Crippen molar-refractivity contribution in [3.05, 3.63) is 0 Å². The molecule has 0 N–H and O–H groups in total. The van der Waals surface area contributed by atoms with E-state index >= 15 is 0 Å². The zero-order valence-electron chi connectivity index (χ0n) is 8.38. The fourth-order valence-electron chi connectivity index (χ4n) is 3.37. The van der Waals surface area contributed by atoms with Crippen molar-refractivity contribution in [1.29, 1.82) is 0 Å². The first-order valence-electron chi connectivity index (χ1n) is 5.65. The third-order valence-electron chi connectivity index (χ3n) is 5.07. The van der Waals surface area contributed by atoms with Crippen molar-refractivity contribution in [2.24, 2.45) is 22.7 Å². The Morgan fingerprint density at radius 3 is 2.54 bits per heavy atom. The summed E-state index contributed by atoms with van der Waals surface area (Å²) in [7, 11) is 0. The Bertz CT molecular complexity index is 254. The summed E-state index contributed by atoms with van der Waals surface area (Å²) in [5.41, 5.74) is 0.874. The number of hydrogen-bond acceptors (Lipinski definition) is 1. The monoisotopic (exact) mass is 178 g/mol. The Morgan fingerprint density at radius 1 is 1.23 bits per heavy atom. The van der Waals surface area contributed by atoms with Gasteiger partial charge in [-0.3, -0.25) is 0 Å². The molecule has 0 heterocycles. The summed E-state index contributed by atoms with van der Waals surface area (Å²) in [4.78, 5) is 10.9. The molecule has 0 spiro atoms. The van der Waals surface area contributed by atoms with Gasteiger partial charge in [0.05, 0.1) is 0 Å². The molecule has 0 aromatic carbocycles. The first-order chi connectivity index (χ1) is 6.19. The predicted molar refractivity (Wildman–Crippen MR) is 51.3 cm³/mol. The lowest BCUT2D eigenvalue weighted by Crippen LogP contribution is -2.22. The van der Waals surface area contributed by atoms with Crippen molar-refractivity contribution in [1.82, 2.24) is 0 Å². The zero-order chi connectivity index (χ0) is 9.10. The van der Waals surface area contributed by atoms with Crippen molar-refractivity contribution >= 4 is 6.29 Å². The van der Waals surface area contributed by atoms with Crippen LogP contribution in [-0.2, 0) is 4.79 Å². The lowest BCUT2D eigenvalue weighted by atomic mass is 9.75. The molecule has 13 heavy (non-hydrogen) atoms. The molecule has 0 amide bonds.